The first-order chi connectivity index (χ1) is 10.7. The summed E-state index contributed by atoms with van der Waals surface area (Å²) < 4.78 is 4.73. The van der Waals surface area contributed by atoms with Crippen LogP contribution >= 0.6 is 22.7 Å². The van der Waals surface area contributed by atoms with Crippen LogP contribution in [0.15, 0.2) is 29.0 Å². The second-order valence-electron chi connectivity index (χ2n) is 4.95. The fourth-order valence-corrected chi connectivity index (χ4v) is 4.27. The molecule has 0 aromatic carbocycles. The van der Waals surface area contributed by atoms with E-state index in [2.05, 4.69) is 11.4 Å². The van der Waals surface area contributed by atoms with Crippen molar-refractivity contribution < 1.29 is 14.3 Å². The summed E-state index contributed by atoms with van der Waals surface area (Å²) >= 11 is 2.93. The molecule has 116 valence electrons. The summed E-state index contributed by atoms with van der Waals surface area (Å²) in [5, 5.41) is 6.63. The molecule has 1 saturated heterocycles. The first-order valence-corrected chi connectivity index (χ1v) is 8.73. The van der Waals surface area contributed by atoms with Crippen molar-refractivity contribution in [1.29, 1.82) is 0 Å². The van der Waals surface area contributed by atoms with E-state index in [0.29, 0.717) is 10.6 Å². The van der Waals surface area contributed by atoms with Crippen molar-refractivity contribution in [2.75, 3.05) is 19.0 Å². The van der Waals surface area contributed by atoms with E-state index in [1.54, 1.807) is 22.8 Å². The smallest absolute Gasteiger partial charge is 0.350 e. The molecular formula is C15H16N2O3S2. The molecule has 1 N–H and O–H groups in total. The van der Waals surface area contributed by atoms with Crippen LogP contribution in [0.2, 0.25) is 0 Å². The minimum Gasteiger partial charge on any atom is -0.465 e. The number of ether oxygens (including phenoxy) is 1. The Morgan fingerprint density at radius 2 is 2.18 bits per heavy atom. The molecule has 0 spiro atoms. The summed E-state index contributed by atoms with van der Waals surface area (Å²) in [4.78, 5) is 27.7. The van der Waals surface area contributed by atoms with Gasteiger partial charge in [0.15, 0.2) is 0 Å². The molecule has 0 bridgehead atoms. The molecule has 2 aromatic rings. The maximum Gasteiger partial charge on any atom is 0.350 e. The zero-order chi connectivity index (χ0) is 15.5. The number of nitrogens with one attached hydrogen (secondary N) is 1. The predicted octanol–water partition coefficient (Wildman–Crippen LogP) is 3.97. The van der Waals surface area contributed by atoms with Gasteiger partial charge >= 0.3 is 12.0 Å². The zero-order valence-electron chi connectivity index (χ0n) is 12.1. The number of carbonyl (C=O) groups is 2. The van der Waals surface area contributed by atoms with Crippen molar-refractivity contribution in [3.05, 3.63) is 38.7 Å². The molecule has 7 heteroatoms. The van der Waals surface area contributed by atoms with E-state index < -0.39 is 5.97 Å². The van der Waals surface area contributed by atoms with Crippen LogP contribution in [0.4, 0.5) is 10.5 Å². The number of esters is 1. The van der Waals surface area contributed by atoms with Gasteiger partial charge in [-0.05, 0) is 35.7 Å². The lowest BCUT2D eigenvalue weighted by Crippen LogP contribution is -2.34. The fraction of sp³-hybridized carbons (Fsp3) is 0.333. The highest BCUT2D eigenvalue weighted by atomic mass is 32.1. The first-order valence-electron chi connectivity index (χ1n) is 6.97. The number of anilines is 1. The summed E-state index contributed by atoms with van der Waals surface area (Å²) in [5.41, 5.74) is 0.513. The topological polar surface area (TPSA) is 58.6 Å². The van der Waals surface area contributed by atoms with E-state index in [-0.39, 0.29) is 12.1 Å². The van der Waals surface area contributed by atoms with E-state index in [1.165, 1.54) is 23.3 Å². The number of methoxy groups -OCH3 is 1. The average molecular weight is 336 g/mol. The van der Waals surface area contributed by atoms with E-state index >= 15 is 0 Å². The first kappa shape index (κ1) is 15.1. The molecule has 2 amide bonds. The van der Waals surface area contributed by atoms with Crippen molar-refractivity contribution in [3.63, 3.8) is 0 Å². The summed E-state index contributed by atoms with van der Waals surface area (Å²) in [6, 6.07) is 5.75. The minimum absolute atomic E-state index is 0.125. The van der Waals surface area contributed by atoms with Crippen molar-refractivity contribution in [2.24, 2.45) is 0 Å². The Hall–Kier alpha value is -1.86. The number of amides is 2. The number of rotatable bonds is 3. The third kappa shape index (κ3) is 2.86. The van der Waals surface area contributed by atoms with Crippen LogP contribution < -0.4 is 5.32 Å². The van der Waals surface area contributed by atoms with Crippen molar-refractivity contribution in [1.82, 2.24) is 4.90 Å². The van der Waals surface area contributed by atoms with Crippen molar-refractivity contribution in [3.8, 4) is 0 Å². The summed E-state index contributed by atoms with van der Waals surface area (Å²) in [5.74, 6) is -0.429. The molecule has 22 heavy (non-hydrogen) atoms. The Kier molecular flexibility index (Phi) is 4.44. The number of likely N-dealkylation sites (tertiary alicyclic amines) is 1. The number of thiophene rings is 2. The fourth-order valence-electron chi connectivity index (χ4n) is 2.63. The summed E-state index contributed by atoms with van der Waals surface area (Å²) in [6.45, 7) is 0.728. The van der Waals surface area contributed by atoms with Crippen LogP contribution in [0, 0.1) is 0 Å². The monoisotopic (exact) mass is 336 g/mol. The highest BCUT2D eigenvalue weighted by Crippen LogP contribution is 2.35. The number of carbonyl (C=O) groups excluding carboxylic acids is 2. The number of hydrogen-bond donors (Lipinski definition) is 1. The van der Waals surface area contributed by atoms with Gasteiger partial charge in [-0.25, -0.2) is 9.59 Å². The minimum atomic E-state index is -0.429. The van der Waals surface area contributed by atoms with E-state index in [1.807, 2.05) is 16.3 Å². The van der Waals surface area contributed by atoms with Gasteiger partial charge in [0.25, 0.3) is 0 Å². The van der Waals surface area contributed by atoms with Gasteiger partial charge in [-0.2, -0.15) is 0 Å². The Morgan fingerprint density at radius 1 is 1.32 bits per heavy atom. The van der Waals surface area contributed by atoms with Gasteiger partial charge in [-0.15, -0.1) is 22.7 Å². The van der Waals surface area contributed by atoms with Crippen LogP contribution in [0.25, 0.3) is 0 Å². The van der Waals surface area contributed by atoms with Crippen molar-refractivity contribution in [2.45, 2.75) is 18.9 Å². The van der Waals surface area contributed by atoms with Gasteiger partial charge in [-0.3, -0.25) is 0 Å². The lowest BCUT2D eigenvalue weighted by molar-refractivity contribution is 0.0607. The predicted molar refractivity (Wildman–Crippen MR) is 87.7 cm³/mol. The second-order valence-corrected chi connectivity index (χ2v) is 6.85. The molecule has 0 saturated carbocycles. The Morgan fingerprint density at radius 3 is 2.91 bits per heavy atom. The van der Waals surface area contributed by atoms with Gasteiger partial charge in [-0.1, -0.05) is 6.07 Å². The van der Waals surface area contributed by atoms with Crippen LogP contribution in [0.5, 0.6) is 0 Å². The van der Waals surface area contributed by atoms with Crippen LogP contribution in [0.3, 0.4) is 0 Å². The van der Waals surface area contributed by atoms with E-state index in [9.17, 15) is 9.59 Å². The SMILES string of the molecule is COC(=O)c1sccc1NC(=O)N1CCC[C@H]1c1cccs1. The Bertz CT molecular complexity index is 666. The molecule has 0 aliphatic carbocycles. The molecule has 0 radical (unpaired) electrons. The summed E-state index contributed by atoms with van der Waals surface area (Å²) in [6.07, 6.45) is 1.96. The van der Waals surface area contributed by atoms with Crippen LogP contribution in [-0.4, -0.2) is 30.6 Å². The highest BCUT2D eigenvalue weighted by molar-refractivity contribution is 7.12. The van der Waals surface area contributed by atoms with Crippen LogP contribution in [-0.2, 0) is 4.74 Å². The Balaban J connectivity index is 1.74. The largest absolute Gasteiger partial charge is 0.465 e. The standard InChI is InChI=1S/C15H16N2O3S2/c1-20-14(18)13-10(6-9-22-13)16-15(19)17-7-2-4-11(17)12-5-3-8-21-12/h3,5-6,8-9,11H,2,4,7H2,1H3,(H,16,19)/t11-/m0/s1. The van der Waals surface area contributed by atoms with Gasteiger partial charge in [0.05, 0.1) is 18.8 Å². The number of hydrogen-bond acceptors (Lipinski definition) is 5. The van der Waals surface area contributed by atoms with Crippen molar-refractivity contribution >= 4 is 40.4 Å². The molecule has 0 unspecified atom stereocenters. The van der Waals surface area contributed by atoms with Gasteiger partial charge in [0.2, 0.25) is 0 Å². The average Bonchev–Trinajstić information content (AvgIpc) is 3.25. The maximum absolute atomic E-state index is 12.6. The molecule has 3 rings (SSSR count). The van der Waals surface area contributed by atoms with Gasteiger partial charge < -0.3 is 15.0 Å². The lowest BCUT2D eigenvalue weighted by Gasteiger charge is -2.24. The Labute approximate surface area is 136 Å². The lowest BCUT2D eigenvalue weighted by atomic mass is 10.2. The number of urea groups is 1. The van der Waals surface area contributed by atoms with Gasteiger partial charge in [0.1, 0.15) is 4.88 Å². The summed E-state index contributed by atoms with van der Waals surface area (Å²) in [7, 11) is 1.33. The zero-order valence-corrected chi connectivity index (χ0v) is 13.7. The molecule has 1 aliphatic heterocycles. The van der Waals surface area contributed by atoms with Crippen LogP contribution in [0.1, 0.15) is 33.4 Å². The number of nitrogens with zero attached hydrogens (tertiary/aromatic N) is 1. The molecular weight excluding hydrogens is 320 g/mol. The molecule has 1 aliphatic rings. The molecule has 3 heterocycles. The van der Waals surface area contributed by atoms with E-state index in [4.69, 9.17) is 4.74 Å². The molecule has 2 aromatic heterocycles. The van der Waals surface area contributed by atoms with Gasteiger partial charge in [0, 0.05) is 11.4 Å². The normalized spacial score (nSPS) is 17.5. The second kappa shape index (κ2) is 6.50. The van der Waals surface area contributed by atoms with E-state index in [0.717, 1.165) is 19.4 Å². The maximum atomic E-state index is 12.6. The molecule has 1 fully saturated rings. The quantitative estimate of drug-likeness (QED) is 0.863. The third-order valence-electron chi connectivity index (χ3n) is 3.66. The molecule has 1 atom stereocenters. The highest BCUT2D eigenvalue weighted by Gasteiger charge is 2.31. The third-order valence-corrected chi connectivity index (χ3v) is 5.53. The molecule has 5 nitrogen and oxygen atoms in total.